The Morgan fingerprint density at radius 2 is 2.47 bits per heavy atom. The molecular weight excluding hydrogens is 190 g/mol. The zero-order valence-corrected chi connectivity index (χ0v) is 8.76. The first-order valence-corrected chi connectivity index (χ1v) is 5.38. The Morgan fingerprint density at radius 1 is 1.60 bits per heavy atom. The predicted molar refractivity (Wildman–Crippen MR) is 59.6 cm³/mol. The topological polar surface area (TPSA) is 62.4 Å². The van der Waals surface area contributed by atoms with E-state index in [1.165, 1.54) is 0 Å². The minimum Gasteiger partial charge on any atom is -0.391 e. The molecule has 4 nitrogen and oxygen atoms in total. The normalized spacial score (nSPS) is 21.7. The lowest BCUT2D eigenvalue weighted by atomic mass is 10.1. The van der Waals surface area contributed by atoms with Crippen LogP contribution in [0.1, 0.15) is 18.4 Å². The van der Waals surface area contributed by atoms with Crippen LogP contribution in [-0.4, -0.2) is 29.3 Å². The van der Waals surface area contributed by atoms with E-state index >= 15 is 0 Å². The summed E-state index contributed by atoms with van der Waals surface area (Å²) in [5.41, 5.74) is 6.71. The van der Waals surface area contributed by atoms with Crippen LogP contribution < -0.4 is 10.6 Å². The van der Waals surface area contributed by atoms with Crippen molar-refractivity contribution in [1.82, 2.24) is 4.98 Å². The SMILES string of the molecule is NCc1cccnc1N1CCCC(O)C1. The van der Waals surface area contributed by atoms with E-state index in [4.69, 9.17) is 5.73 Å². The van der Waals surface area contributed by atoms with E-state index in [1.807, 2.05) is 12.1 Å². The van der Waals surface area contributed by atoms with Crippen molar-refractivity contribution in [2.45, 2.75) is 25.5 Å². The molecular formula is C11H17N3O. The van der Waals surface area contributed by atoms with Gasteiger partial charge in [-0.25, -0.2) is 4.98 Å². The average molecular weight is 207 g/mol. The molecule has 0 amide bonds. The second-order valence-electron chi connectivity index (χ2n) is 3.93. The smallest absolute Gasteiger partial charge is 0.133 e. The van der Waals surface area contributed by atoms with Gasteiger partial charge in [-0.05, 0) is 18.9 Å². The van der Waals surface area contributed by atoms with Gasteiger partial charge in [0.15, 0.2) is 0 Å². The van der Waals surface area contributed by atoms with Gasteiger partial charge in [-0.15, -0.1) is 0 Å². The van der Waals surface area contributed by atoms with Gasteiger partial charge in [0.25, 0.3) is 0 Å². The highest BCUT2D eigenvalue weighted by molar-refractivity contribution is 5.47. The Bertz CT molecular complexity index is 329. The fourth-order valence-electron chi connectivity index (χ4n) is 2.02. The van der Waals surface area contributed by atoms with Crippen LogP contribution in [0.3, 0.4) is 0 Å². The van der Waals surface area contributed by atoms with E-state index in [1.54, 1.807) is 6.20 Å². The number of aliphatic hydroxyl groups excluding tert-OH is 1. The number of nitrogens with two attached hydrogens (primary N) is 1. The van der Waals surface area contributed by atoms with Crippen molar-refractivity contribution in [2.24, 2.45) is 5.73 Å². The first-order valence-electron chi connectivity index (χ1n) is 5.38. The van der Waals surface area contributed by atoms with Crippen LogP contribution in [0, 0.1) is 0 Å². The summed E-state index contributed by atoms with van der Waals surface area (Å²) in [6.07, 6.45) is 3.45. The van der Waals surface area contributed by atoms with E-state index in [0.717, 1.165) is 30.8 Å². The van der Waals surface area contributed by atoms with Crippen LogP contribution in [0.4, 0.5) is 5.82 Å². The molecule has 0 saturated carbocycles. The summed E-state index contributed by atoms with van der Waals surface area (Å²) in [6.45, 7) is 2.13. The molecule has 1 aliphatic heterocycles. The Balaban J connectivity index is 2.20. The van der Waals surface area contributed by atoms with E-state index < -0.39 is 0 Å². The highest BCUT2D eigenvalue weighted by atomic mass is 16.3. The molecule has 15 heavy (non-hydrogen) atoms. The zero-order chi connectivity index (χ0) is 10.7. The van der Waals surface area contributed by atoms with Crippen LogP contribution in [0.2, 0.25) is 0 Å². The summed E-state index contributed by atoms with van der Waals surface area (Å²) >= 11 is 0. The molecule has 4 heteroatoms. The second kappa shape index (κ2) is 4.59. The molecule has 0 spiro atoms. The van der Waals surface area contributed by atoms with Crippen molar-refractivity contribution in [3.05, 3.63) is 23.9 Å². The van der Waals surface area contributed by atoms with Gasteiger partial charge in [-0.2, -0.15) is 0 Å². The zero-order valence-electron chi connectivity index (χ0n) is 8.76. The van der Waals surface area contributed by atoms with Gasteiger partial charge in [0.1, 0.15) is 5.82 Å². The Kier molecular flexibility index (Phi) is 3.18. The summed E-state index contributed by atoms with van der Waals surface area (Å²) in [7, 11) is 0. The quantitative estimate of drug-likeness (QED) is 0.741. The molecule has 1 fully saturated rings. The predicted octanol–water partition coefficient (Wildman–Crippen LogP) is 0.501. The summed E-state index contributed by atoms with van der Waals surface area (Å²) in [5, 5.41) is 9.60. The lowest BCUT2D eigenvalue weighted by molar-refractivity contribution is 0.154. The van der Waals surface area contributed by atoms with Crippen LogP contribution >= 0.6 is 0 Å². The van der Waals surface area contributed by atoms with Gasteiger partial charge in [-0.1, -0.05) is 6.07 Å². The fraction of sp³-hybridized carbons (Fsp3) is 0.545. The number of rotatable bonds is 2. The van der Waals surface area contributed by atoms with Crippen molar-refractivity contribution in [3.8, 4) is 0 Å². The number of aromatic nitrogens is 1. The standard InChI is InChI=1S/C11H17N3O/c12-7-9-3-1-5-13-11(9)14-6-2-4-10(15)8-14/h1,3,5,10,15H,2,4,6-8,12H2. The van der Waals surface area contributed by atoms with Gasteiger partial charge in [-0.3, -0.25) is 0 Å². The maximum absolute atomic E-state index is 9.60. The Labute approximate surface area is 89.7 Å². The summed E-state index contributed by atoms with van der Waals surface area (Å²) < 4.78 is 0. The molecule has 1 aromatic rings. The lowest BCUT2D eigenvalue weighted by Gasteiger charge is -2.32. The molecule has 1 saturated heterocycles. The number of hydrogen-bond donors (Lipinski definition) is 2. The molecule has 1 aromatic heterocycles. The highest BCUT2D eigenvalue weighted by Crippen LogP contribution is 2.21. The van der Waals surface area contributed by atoms with E-state index in [2.05, 4.69) is 9.88 Å². The fourth-order valence-corrected chi connectivity index (χ4v) is 2.02. The highest BCUT2D eigenvalue weighted by Gasteiger charge is 2.20. The first kappa shape index (κ1) is 10.4. The van der Waals surface area contributed by atoms with Crippen molar-refractivity contribution in [3.63, 3.8) is 0 Å². The van der Waals surface area contributed by atoms with E-state index in [9.17, 15) is 5.11 Å². The van der Waals surface area contributed by atoms with E-state index in [0.29, 0.717) is 13.1 Å². The van der Waals surface area contributed by atoms with Crippen LogP contribution in [-0.2, 0) is 6.54 Å². The molecule has 0 aromatic carbocycles. The van der Waals surface area contributed by atoms with Crippen LogP contribution in [0.25, 0.3) is 0 Å². The Hall–Kier alpha value is -1.13. The molecule has 1 unspecified atom stereocenters. The first-order chi connectivity index (χ1) is 7.31. The van der Waals surface area contributed by atoms with Gasteiger partial charge >= 0.3 is 0 Å². The second-order valence-corrected chi connectivity index (χ2v) is 3.93. The van der Waals surface area contributed by atoms with Crippen molar-refractivity contribution in [1.29, 1.82) is 0 Å². The van der Waals surface area contributed by atoms with E-state index in [-0.39, 0.29) is 6.10 Å². The molecule has 2 heterocycles. The van der Waals surface area contributed by atoms with Gasteiger partial charge < -0.3 is 15.7 Å². The minimum absolute atomic E-state index is 0.230. The molecule has 0 bridgehead atoms. The molecule has 0 aliphatic carbocycles. The van der Waals surface area contributed by atoms with Gasteiger partial charge in [0, 0.05) is 31.4 Å². The number of anilines is 1. The molecule has 82 valence electrons. The number of aliphatic hydroxyl groups is 1. The number of nitrogens with zero attached hydrogens (tertiary/aromatic N) is 2. The van der Waals surface area contributed by atoms with Crippen LogP contribution in [0.5, 0.6) is 0 Å². The van der Waals surface area contributed by atoms with Crippen molar-refractivity contribution < 1.29 is 5.11 Å². The number of piperidine rings is 1. The maximum atomic E-state index is 9.60. The molecule has 2 rings (SSSR count). The number of β-amino-alcohol motifs (C(OH)–C–C–N with tert-alkyl or cyclic N) is 1. The summed E-state index contributed by atoms with van der Waals surface area (Å²) in [4.78, 5) is 6.46. The van der Waals surface area contributed by atoms with Crippen LogP contribution in [0.15, 0.2) is 18.3 Å². The van der Waals surface area contributed by atoms with Gasteiger partial charge in [0.05, 0.1) is 6.10 Å². The summed E-state index contributed by atoms with van der Waals surface area (Å²) in [5.74, 6) is 0.929. The average Bonchev–Trinajstić information content (AvgIpc) is 2.29. The number of pyridine rings is 1. The van der Waals surface area contributed by atoms with Crippen molar-refractivity contribution in [2.75, 3.05) is 18.0 Å². The third-order valence-electron chi connectivity index (χ3n) is 2.78. The third kappa shape index (κ3) is 2.27. The molecule has 3 N–H and O–H groups in total. The summed E-state index contributed by atoms with van der Waals surface area (Å²) in [6, 6.07) is 3.88. The molecule has 1 aliphatic rings. The third-order valence-corrected chi connectivity index (χ3v) is 2.78. The number of hydrogen-bond acceptors (Lipinski definition) is 4. The lowest BCUT2D eigenvalue weighted by Crippen LogP contribution is -2.39. The van der Waals surface area contributed by atoms with Crippen molar-refractivity contribution >= 4 is 5.82 Å². The Morgan fingerprint density at radius 3 is 3.20 bits per heavy atom. The van der Waals surface area contributed by atoms with Gasteiger partial charge in [0.2, 0.25) is 0 Å². The largest absolute Gasteiger partial charge is 0.391 e. The minimum atomic E-state index is -0.230. The molecule has 0 radical (unpaired) electrons. The monoisotopic (exact) mass is 207 g/mol. The molecule has 1 atom stereocenters. The maximum Gasteiger partial charge on any atom is 0.133 e.